The molecule has 0 bridgehead atoms. The molecule has 88 valence electrons. The van der Waals surface area contributed by atoms with E-state index in [4.69, 9.17) is 0 Å². The maximum Gasteiger partial charge on any atom is 0.290 e. The molecule has 0 fully saturated rings. The van der Waals surface area contributed by atoms with E-state index in [-0.39, 0.29) is 5.75 Å². The number of aromatic hydroxyl groups is 1. The van der Waals surface area contributed by atoms with Crippen LogP contribution in [-0.4, -0.2) is 10.1 Å². The molecule has 0 amide bonds. The number of nitrogens with one attached hydrogen (secondary N) is 1. The average Bonchev–Trinajstić information content (AvgIpc) is 2.31. The van der Waals surface area contributed by atoms with Crippen LogP contribution in [0.15, 0.2) is 46.2 Å². The maximum absolute atomic E-state index is 11.0. The first kappa shape index (κ1) is 11.8. The number of aryl methyl sites for hydroxylation is 1. The van der Waals surface area contributed by atoms with Crippen LogP contribution < -0.4 is 5.56 Å². The molecule has 1 aromatic heterocycles. The van der Waals surface area contributed by atoms with Gasteiger partial charge in [-0.2, -0.15) is 0 Å². The quantitative estimate of drug-likeness (QED) is 0.820. The van der Waals surface area contributed by atoms with E-state index in [9.17, 15) is 9.90 Å². The minimum absolute atomic E-state index is 0.237. The lowest BCUT2D eigenvalue weighted by Crippen LogP contribution is -2.03. The van der Waals surface area contributed by atoms with E-state index >= 15 is 0 Å². The number of hydrogen-bond donors (Lipinski definition) is 2. The van der Waals surface area contributed by atoms with Gasteiger partial charge in [0.2, 0.25) is 0 Å². The SMILES string of the molecule is Cc1cccc(CSc2c[nH]c(=O)c(O)c2)c1. The summed E-state index contributed by atoms with van der Waals surface area (Å²) in [7, 11) is 0. The molecule has 17 heavy (non-hydrogen) atoms. The van der Waals surface area contributed by atoms with Gasteiger partial charge >= 0.3 is 0 Å². The molecule has 0 aliphatic carbocycles. The van der Waals surface area contributed by atoms with Gasteiger partial charge in [-0.15, -0.1) is 11.8 Å². The normalized spacial score (nSPS) is 10.4. The summed E-state index contributed by atoms with van der Waals surface area (Å²) < 4.78 is 0. The molecule has 0 saturated carbocycles. The smallest absolute Gasteiger partial charge is 0.290 e. The second-order valence-corrected chi connectivity index (χ2v) is 4.88. The second kappa shape index (κ2) is 5.10. The fraction of sp³-hybridized carbons (Fsp3) is 0.154. The fourth-order valence-electron chi connectivity index (χ4n) is 1.50. The molecular weight excluding hydrogens is 234 g/mol. The lowest BCUT2D eigenvalue weighted by Gasteiger charge is -2.03. The number of aromatic nitrogens is 1. The Hall–Kier alpha value is -1.68. The van der Waals surface area contributed by atoms with Crippen LogP contribution in [0.25, 0.3) is 0 Å². The zero-order valence-corrected chi connectivity index (χ0v) is 10.3. The lowest BCUT2D eigenvalue weighted by atomic mass is 10.2. The molecule has 1 aromatic carbocycles. The van der Waals surface area contributed by atoms with Crippen molar-refractivity contribution in [2.75, 3.05) is 0 Å². The molecule has 0 aliphatic heterocycles. The van der Waals surface area contributed by atoms with Crippen molar-refractivity contribution in [3.8, 4) is 5.75 Å². The van der Waals surface area contributed by atoms with Crippen LogP contribution in [0.2, 0.25) is 0 Å². The third-order valence-electron chi connectivity index (χ3n) is 2.35. The van der Waals surface area contributed by atoms with Gasteiger partial charge in [0.15, 0.2) is 5.75 Å². The largest absolute Gasteiger partial charge is 0.503 e. The summed E-state index contributed by atoms with van der Waals surface area (Å²) in [6.07, 6.45) is 1.61. The zero-order valence-electron chi connectivity index (χ0n) is 9.43. The van der Waals surface area contributed by atoms with Crippen molar-refractivity contribution < 1.29 is 5.11 Å². The molecule has 0 aliphatic rings. The van der Waals surface area contributed by atoms with Crippen molar-refractivity contribution >= 4 is 11.8 Å². The molecule has 0 spiro atoms. The van der Waals surface area contributed by atoms with Gasteiger partial charge in [0, 0.05) is 22.9 Å². The molecule has 2 rings (SSSR count). The van der Waals surface area contributed by atoms with Crippen LogP contribution in [0, 0.1) is 6.92 Å². The van der Waals surface area contributed by atoms with Gasteiger partial charge < -0.3 is 10.1 Å². The van der Waals surface area contributed by atoms with Crippen molar-refractivity contribution in [3.05, 3.63) is 58.0 Å². The summed E-state index contributed by atoms with van der Waals surface area (Å²) in [5, 5.41) is 9.28. The number of pyridine rings is 1. The predicted octanol–water partition coefficient (Wildman–Crippen LogP) is 2.68. The first-order valence-corrected chi connectivity index (χ1v) is 6.24. The van der Waals surface area contributed by atoms with Crippen molar-refractivity contribution in [3.63, 3.8) is 0 Å². The average molecular weight is 247 g/mol. The molecular formula is C13H13NO2S. The summed E-state index contributed by atoms with van der Waals surface area (Å²) >= 11 is 1.57. The van der Waals surface area contributed by atoms with E-state index in [1.165, 1.54) is 17.2 Å². The Balaban J connectivity index is 2.07. The van der Waals surface area contributed by atoms with Crippen molar-refractivity contribution in [2.24, 2.45) is 0 Å². The van der Waals surface area contributed by atoms with E-state index < -0.39 is 5.56 Å². The van der Waals surface area contributed by atoms with Crippen LogP contribution in [0.3, 0.4) is 0 Å². The van der Waals surface area contributed by atoms with Gasteiger partial charge in [-0.1, -0.05) is 29.8 Å². The highest BCUT2D eigenvalue weighted by Crippen LogP contribution is 2.23. The van der Waals surface area contributed by atoms with Gasteiger partial charge in [-0.3, -0.25) is 4.79 Å². The minimum Gasteiger partial charge on any atom is -0.503 e. The molecule has 4 heteroatoms. The van der Waals surface area contributed by atoms with Crippen molar-refractivity contribution in [1.82, 2.24) is 4.98 Å². The fourth-order valence-corrected chi connectivity index (χ4v) is 2.35. The number of H-pyrrole nitrogens is 1. The number of thioether (sulfide) groups is 1. The summed E-state index contributed by atoms with van der Waals surface area (Å²) in [5.74, 6) is 0.576. The summed E-state index contributed by atoms with van der Waals surface area (Å²) in [6.45, 7) is 2.06. The van der Waals surface area contributed by atoms with Crippen LogP contribution >= 0.6 is 11.8 Å². The third-order valence-corrected chi connectivity index (χ3v) is 3.39. The van der Waals surface area contributed by atoms with Gasteiger partial charge in [0.05, 0.1) is 0 Å². The van der Waals surface area contributed by atoms with E-state index in [2.05, 4.69) is 30.1 Å². The van der Waals surface area contributed by atoms with E-state index in [0.29, 0.717) is 0 Å². The van der Waals surface area contributed by atoms with Gasteiger partial charge in [0.1, 0.15) is 0 Å². The number of rotatable bonds is 3. The number of benzene rings is 1. The molecule has 0 atom stereocenters. The van der Waals surface area contributed by atoms with E-state index in [1.54, 1.807) is 18.0 Å². The van der Waals surface area contributed by atoms with Gasteiger partial charge in [0.25, 0.3) is 5.56 Å². The molecule has 3 nitrogen and oxygen atoms in total. The highest BCUT2D eigenvalue weighted by atomic mass is 32.2. The highest BCUT2D eigenvalue weighted by molar-refractivity contribution is 7.98. The summed E-state index contributed by atoms with van der Waals surface area (Å²) in [4.78, 5) is 14.3. The molecule has 2 aromatic rings. The van der Waals surface area contributed by atoms with Crippen LogP contribution in [0.1, 0.15) is 11.1 Å². The lowest BCUT2D eigenvalue weighted by molar-refractivity contribution is 0.464. The van der Waals surface area contributed by atoms with Crippen LogP contribution in [-0.2, 0) is 5.75 Å². The molecule has 0 saturated heterocycles. The van der Waals surface area contributed by atoms with E-state index in [1.807, 2.05) is 6.07 Å². The first-order valence-electron chi connectivity index (χ1n) is 5.25. The standard InChI is InChI=1S/C13H13NO2S/c1-9-3-2-4-10(5-9)8-17-11-6-12(15)13(16)14-7-11/h2-7,15H,8H2,1H3,(H,14,16). The number of aromatic amines is 1. The zero-order chi connectivity index (χ0) is 12.3. The summed E-state index contributed by atoms with van der Waals surface area (Å²) in [5.41, 5.74) is 2.00. The Morgan fingerprint density at radius 2 is 2.18 bits per heavy atom. The molecule has 1 heterocycles. The topological polar surface area (TPSA) is 53.1 Å². The first-order chi connectivity index (χ1) is 8.15. The number of hydrogen-bond acceptors (Lipinski definition) is 3. The van der Waals surface area contributed by atoms with Crippen molar-refractivity contribution in [2.45, 2.75) is 17.6 Å². The molecule has 0 radical (unpaired) electrons. The Bertz CT molecular complexity index is 578. The monoisotopic (exact) mass is 247 g/mol. The minimum atomic E-state index is -0.454. The Labute approximate surface area is 104 Å². The van der Waals surface area contributed by atoms with Crippen molar-refractivity contribution in [1.29, 1.82) is 0 Å². The Kier molecular flexibility index (Phi) is 3.54. The Morgan fingerprint density at radius 3 is 2.88 bits per heavy atom. The van der Waals surface area contributed by atoms with Crippen LogP contribution in [0.5, 0.6) is 5.75 Å². The van der Waals surface area contributed by atoms with Gasteiger partial charge in [-0.05, 0) is 12.5 Å². The van der Waals surface area contributed by atoms with Gasteiger partial charge in [-0.25, -0.2) is 0 Å². The Morgan fingerprint density at radius 1 is 1.35 bits per heavy atom. The highest BCUT2D eigenvalue weighted by Gasteiger charge is 2.01. The predicted molar refractivity (Wildman–Crippen MR) is 69.5 cm³/mol. The summed E-state index contributed by atoms with van der Waals surface area (Å²) in [6, 6.07) is 9.75. The second-order valence-electron chi connectivity index (χ2n) is 3.83. The van der Waals surface area contributed by atoms with E-state index in [0.717, 1.165) is 10.6 Å². The van der Waals surface area contributed by atoms with Crippen LogP contribution in [0.4, 0.5) is 0 Å². The molecule has 0 unspecified atom stereocenters. The maximum atomic E-state index is 11.0. The third kappa shape index (κ3) is 3.14. The molecule has 2 N–H and O–H groups in total.